The molecule has 2 N–H and O–H groups in total. The lowest BCUT2D eigenvalue weighted by Crippen LogP contribution is -2.05. The highest BCUT2D eigenvalue weighted by Gasteiger charge is 2.11. The van der Waals surface area contributed by atoms with E-state index in [1.807, 2.05) is 13.8 Å². The highest BCUT2D eigenvalue weighted by Crippen LogP contribution is 2.23. The summed E-state index contributed by atoms with van der Waals surface area (Å²) in [7, 11) is 0. The Hall–Kier alpha value is -2.08. The van der Waals surface area contributed by atoms with Gasteiger partial charge >= 0.3 is 6.01 Å². The average Bonchev–Trinajstić information content (AvgIpc) is 2.49. The molecule has 2 rings (SSSR count). The van der Waals surface area contributed by atoms with Gasteiger partial charge in [0.05, 0.1) is 11.4 Å². The largest absolute Gasteiger partial charge is 0.420 e. The first-order chi connectivity index (χ1) is 9.67. The van der Waals surface area contributed by atoms with Crippen molar-refractivity contribution in [3.8, 4) is 11.8 Å². The molecule has 1 aromatic carbocycles. The number of ether oxygens (including phenoxy) is 1. The van der Waals surface area contributed by atoms with Crippen molar-refractivity contribution in [1.29, 1.82) is 0 Å². The zero-order valence-electron chi connectivity index (χ0n) is 11.6. The van der Waals surface area contributed by atoms with Gasteiger partial charge in [0.25, 0.3) is 0 Å². The molecule has 0 atom stereocenters. The molecule has 106 valence electrons. The molecule has 0 aliphatic heterocycles. The van der Waals surface area contributed by atoms with Gasteiger partial charge in [0.1, 0.15) is 0 Å². The predicted molar refractivity (Wildman–Crippen MR) is 72.9 cm³/mol. The smallest absolute Gasteiger partial charge is 0.341 e. The van der Waals surface area contributed by atoms with E-state index < -0.39 is 5.82 Å². The number of aromatic nitrogens is 3. The standard InChI is InChI=1S/C14H17FN4O/c1-3-11-12(4-2)18-19-14(17-11)20-13-6-5-9(8-16)7-10(13)15/h5-7H,3-4,8,16H2,1-2H3. The highest BCUT2D eigenvalue weighted by atomic mass is 19.1. The van der Waals surface area contributed by atoms with Crippen LogP contribution in [0.3, 0.4) is 0 Å². The van der Waals surface area contributed by atoms with Gasteiger partial charge in [-0.2, -0.15) is 4.98 Å². The summed E-state index contributed by atoms with van der Waals surface area (Å²) in [5.41, 5.74) is 7.80. The average molecular weight is 276 g/mol. The minimum absolute atomic E-state index is 0.0541. The van der Waals surface area contributed by atoms with Crippen molar-refractivity contribution in [2.24, 2.45) is 5.73 Å². The van der Waals surface area contributed by atoms with E-state index in [-0.39, 0.29) is 18.3 Å². The summed E-state index contributed by atoms with van der Waals surface area (Å²) in [5, 5.41) is 7.91. The summed E-state index contributed by atoms with van der Waals surface area (Å²) in [6.07, 6.45) is 1.48. The Balaban J connectivity index is 2.25. The highest BCUT2D eigenvalue weighted by molar-refractivity contribution is 5.31. The van der Waals surface area contributed by atoms with Gasteiger partial charge < -0.3 is 10.5 Å². The number of aryl methyl sites for hydroxylation is 2. The van der Waals surface area contributed by atoms with E-state index in [0.29, 0.717) is 5.56 Å². The molecule has 0 fully saturated rings. The van der Waals surface area contributed by atoms with E-state index in [2.05, 4.69) is 15.2 Å². The molecule has 20 heavy (non-hydrogen) atoms. The quantitative estimate of drug-likeness (QED) is 0.907. The lowest BCUT2D eigenvalue weighted by Gasteiger charge is -2.08. The Morgan fingerprint density at radius 2 is 1.90 bits per heavy atom. The molecule has 0 amide bonds. The van der Waals surface area contributed by atoms with Gasteiger partial charge in [-0.25, -0.2) is 4.39 Å². The van der Waals surface area contributed by atoms with Crippen LogP contribution in [0.25, 0.3) is 0 Å². The van der Waals surface area contributed by atoms with Gasteiger partial charge in [0.2, 0.25) is 0 Å². The molecule has 2 aromatic rings. The van der Waals surface area contributed by atoms with Crippen molar-refractivity contribution < 1.29 is 9.13 Å². The van der Waals surface area contributed by atoms with E-state index in [9.17, 15) is 4.39 Å². The van der Waals surface area contributed by atoms with E-state index in [1.54, 1.807) is 6.07 Å². The molecule has 0 bridgehead atoms. The van der Waals surface area contributed by atoms with Crippen LogP contribution in [0.1, 0.15) is 30.8 Å². The second-order valence-corrected chi connectivity index (χ2v) is 4.27. The Morgan fingerprint density at radius 3 is 2.50 bits per heavy atom. The number of hydrogen-bond acceptors (Lipinski definition) is 5. The molecule has 6 heteroatoms. The van der Waals surface area contributed by atoms with Crippen LogP contribution >= 0.6 is 0 Å². The zero-order valence-corrected chi connectivity index (χ0v) is 11.6. The molecule has 0 saturated carbocycles. The van der Waals surface area contributed by atoms with Crippen LogP contribution in [0.4, 0.5) is 4.39 Å². The minimum atomic E-state index is -0.492. The maximum atomic E-state index is 13.8. The molecule has 0 radical (unpaired) electrons. The Labute approximate surface area is 117 Å². The number of nitrogens with zero attached hydrogens (tertiary/aromatic N) is 3. The van der Waals surface area contributed by atoms with Gasteiger partial charge in [-0.05, 0) is 30.5 Å². The summed E-state index contributed by atoms with van der Waals surface area (Å²) in [6, 6.07) is 4.61. The first kappa shape index (κ1) is 14.3. The number of benzene rings is 1. The number of nitrogens with two attached hydrogens (primary N) is 1. The summed E-state index contributed by atoms with van der Waals surface area (Å²) < 4.78 is 19.1. The molecule has 0 unspecified atom stereocenters. The lowest BCUT2D eigenvalue weighted by atomic mass is 10.2. The molecular weight excluding hydrogens is 259 g/mol. The van der Waals surface area contributed by atoms with Crippen molar-refractivity contribution in [3.05, 3.63) is 41.0 Å². The van der Waals surface area contributed by atoms with Gasteiger partial charge in [-0.1, -0.05) is 25.0 Å². The second kappa shape index (κ2) is 6.38. The maximum absolute atomic E-state index is 13.8. The monoisotopic (exact) mass is 276 g/mol. The molecule has 1 heterocycles. The molecule has 0 saturated heterocycles. The maximum Gasteiger partial charge on any atom is 0.341 e. The Morgan fingerprint density at radius 1 is 1.15 bits per heavy atom. The lowest BCUT2D eigenvalue weighted by molar-refractivity contribution is 0.400. The normalized spacial score (nSPS) is 10.6. The SMILES string of the molecule is CCc1nnc(Oc2ccc(CN)cc2F)nc1CC. The van der Waals surface area contributed by atoms with Crippen molar-refractivity contribution in [2.75, 3.05) is 0 Å². The fourth-order valence-corrected chi connectivity index (χ4v) is 1.82. The summed E-state index contributed by atoms with van der Waals surface area (Å²) in [5.74, 6) is -0.426. The topological polar surface area (TPSA) is 73.9 Å². The van der Waals surface area contributed by atoms with Crippen LogP contribution in [0.5, 0.6) is 11.8 Å². The van der Waals surface area contributed by atoms with Crippen LogP contribution < -0.4 is 10.5 Å². The van der Waals surface area contributed by atoms with Gasteiger partial charge in [-0.3, -0.25) is 0 Å². The van der Waals surface area contributed by atoms with Crippen LogP contribution in [0, 0.1) is 5.82 Å². The van der Waals surface area contributed by atoms with Crippen molar-refractivity contribution >= 4 is 0 Å². The van der Waals surface area contributed by atoms with Gasteiger partial charge in [0.15, 0.2) is 11.6 Å². The van der Waals surface area contributed by atoms with Crippen LogP contribution in [-0.2, 0) is 19.4 Å². The molecule has 1 aromatic heterocycles. The van der Waals surface area contributed by atoms with E-state index in [1.165, 1.54) is 12.1 Å². The molecular formula is C14H17FN4O. The van der Waals surface area contributed by atoms with Crippen molar-refractivity contribution in [3.63, 3.8) is 0 Å². The molecule has 5 nitrogen and oxygen atoms in total. The third-order valence-electron chi connectivity index (χ3n) is 2.92. The molecule has 0 spiro atoms. The summed E-state index contributed by atoms with van der Waals surface area (Å²) >= 11 is 0. The Bertz CT molecular complexity index is 604. The third-order valence-corrected chi connectivity index (χ3v) is 2.92. The first-order valence-corrected chi connectivity index (χ1v) is 6.56. The summed E-state index contributed by atoms with van der Waals surface area (Å²) in [6.45, 7) is 4.24. The van der Waals surface area contributed by atoms with Crippen molar-refractivity contribution in [1.82, 2.24) is 15.2 Å². The number of hydrogen-bond donors (Lipinski definition) is 1. The fraction of sp³-hybridized carbons (Fsp3) is 0.357. The Kier molecular flexibility index (Phi) is 4.57. The number of halogens is 1. The van der Waals surface area contributed by atoms with Crippen LogP contribution in [0.15, 0.2) is 18.2 Å². The van der Waals surface area contributed by atoms with E-state index >= 15 is 0 Å². The van der Waals surface area contributed by atoms with Crippen LogP contribution in [0.2, 0.25) is 0 Å². The summed E-state index contributed by atoms with van der Waals surface area (Å²) in [4.78, 5) is 4.25. The number of rotatable bonds is 5. The molecule has 0 aliphatic rings. The fourth-order valence-electron chi connectivity index (χ4n) is 1.82. The van der Waals surface area contributed by atoms with Gasteiger partial charge in [-0.15, -0.1) is 5.10 Å². The second-order valence-electron chi connectivity index (χ2n) is 4.27. The van der Waals surface area contributed by atoms with E-state index in [4.69, 9.17) is 10.5 Å². The predicted octanol–water partition coefficient (Wildman–Crippen LogP) is 2.39. The minimum Gasteiger partial charge on any atom is -0.420 e. The van der Waals surface area contributed by atoms with Crippen LogP contribution in [-0.4, -0.2) is 15.2 Å². The van der Waals surface area contributed by atoms with E-state index in [0.717, 1.165) is 24.2 Å². The zero-order chi connectivity index (χ0) is 14.5. The first-order valence-electron chi connectivity index (χ1n) is 6.56. The molecule has 0 aliphatic carbocycles. The van der Waals surface area contributed by atoms with Gasteiger partial charge in [0, 0.05) is 6.54 Å². The third kappa shape index (κ3) is 3.08. The van der Waals surface area contributed by atoms with Crippen molar-refractivity contribution in [2.45, 2.75) is 33.2 Å².